The second kappa shape index (κ2) is 6.41. The van der Waals surface area contributed by atoms with Crippen molar-refractivity contribution in [1.82, 2.24) is 14.9 Å². The van der Waals surface area contributed by atoms with Crippen molar-refractivity contribution in [3.05, 3.63) is 40.1 Å². The van der Waals surface area contributed by atoms with Crippen molar-refractivity contribution in [2.45, 2.75) is 38.3 Å². The summed E-state index contributed by atoms with van der Waals surface area (Å²) in [6.45, 7) is 0.519. The number of nitrogens with one attached hydrogen (secondary N) is 1. The van der Waals surface area contributed by atoms with Crippen molar-refractivity contribution in [3.63, 3.8) is 0 Å². The molecule has 0 saturated heterocycles. The normalized spacial score (nSPS) is 15.5. The van der Waals surface area contributed by atoms with Crippen LogP contribution in [0.1, 0.15) is 35.9 Å². The number of thiophene rings is 1. The van der Waals surface area contributed by atoms with Crippen molar-refractivity contribution in [2.75, 3.05) is 6.54 Å². The molecule has 1 amide bonds. The van der Waals surface area contributed by atoms with Crippen LogP contribution in [0.15, 0.2) is 23.2 Å². The van der Waals surface area contributed by atoms with Gasteiger partial charge in [0.05, 0.1) is 18.1 Å². The maximum absolute atomic E-state index is 12.0. The zero-order valence-electron chi connectivity index (χ0n) is 11.8. The topological polar surface area (TPSA) is 67.2 Å². The Morgan fingerprint density at radius 3 is 3.14 bits per heavy atom. The van der Waals surface area contributed by atoms with Gasteiger partial charge in [0.2, 0.25) is 5.91 Å². The van der Waals surface area contributed by atoms with E-state index in [-0.39, 0.29) is 19.0 Å². The van der Waals surface area contributed by atoms with Gasteiger partial charge in [-0.3, -0.25) is 4.79 Å². The first-order valence-electron chi connectivity index (χ1n) is 7.24. The minimum Gasteiger partial charge on any atom is -0.387 e. The summed E-state index contributed by atoms with van der Waals surface area (Å²) in [5.74, 6) is -0.0879. The number of imidazole rings is 1. The highest BCUT2D eigenvalue weighted by atomic mass is 32.1. The number of carbonyl (C=O) groups excluding carboxylic acids is 1. The van der Waals surface area contributed by atoms with Crippen molar-refractivity contribution in [3.8, 4) is 0 Å². The lowest BCUT2D eigenvalue weighted by Crippen LogP contribution is -2.31. The summed E-state index contributed by atoms with van der Waals surface area (Å²) in [5.41, 5.74) is 3.17. The number of rotatable bonds is 5. The number of fused-ring (bicyclic) bond motifs is 1. The third-order valence-electron chi connectivity index (χ3n) is 3.84. The zero-order valence-corrected chi connectivity index (χ0v) is 12.6. The van der Waals surface area contributed by atoms with Crippen LogP contribution in [-0.4, -0.2) is 27.1 Å². The van der Waals surface area contributed by atoms with Gasteiger partial charge in [-0.05, 0) is 48.1 Å². The first kappa shape index (κ1) is 14.3. The summed E-state index contributed by atoms with van der Waals surface area (Å²) in [7, 11) is 0. The van der Waals surface area contributed by atoms with E-state index in [0.717, 1.165) is 30.5 Å². The minimum absolute atomic E-state index is 0.0879. The molecule has 0 fully saturated rings. The lowest BCUT2D eigenvalue weighted by molar-refractivity contribution is -0.122. The summed E-state index contributed by atoms with van der Waals surface area (Å²) in [6.07, 6.45) is 5.48. The molecule has 6 heteroatoms. The van der Waals surface area contributed by atoms with Gasteiger partial charge in [0.25, 0.3) is 0 Å². The van der Waals surface area contributed by atoms with Crippen LogP contribution in [0.3, 0.4) is 0 Å². The molecule has 2 aromatic heterocycles. The van der Waals surface area contributed by atoms with E-state index in [9.17, 15) is 9.90 Å². The van der Waals surface area contributed by atoms with Crippen LogP contribution >= 0.6 is 11.3 Å². The number of hydrogen-bond acceptors (Lipinski definition) is 4. The fourth-order valence-corrected chi connectivity index (χ4v) is 3.38. The van der Waals surface area contributed by atoms with E-state index in [1.807, 2.05) is 21.4 Å². The summed E-state index contributed by atoms with van der Waals surface area (Å²) >= 11 is 1.54. The van der Waals surface area contributed by atoms with Crippen molar-refractivity contribution < 1.29 is 9.90 Å². The van der Waals surface area contributed by atoms with Crippen LogP contribution in [0.2, 0.25) is 0 Å². The van der Waals surface area contributed by atoms with Gasteiger partial charge in [-0.1, -0.05) is 0 Å². The molecule has 1 atom stereocenters. The summed E-state index contributed by atoms with van der Waals surface area (Å²) in [5, 5.41) is 16.5. The molecule has 0 radical (unpaired) electrons. The standard InChI is InChI=1S/C15H19N3O2S/c19-14(11-5-6-21-9-11)7-16-15(20)8-18-10-17-12-3-1-2-4-13(12)18/h5-6,9-10,14,19H,1-4,7-8H2,(H,16,20). The van der Waals surface area contributed by atoms with E-state index >= 15 is 0 Å². The average Bonchev–Trinajstić information content (AvgIpc) is 3.15. The Hall–Kier alpha value is -1.66. The van der Waals surface area contributed by atoms with Crippen LogP contribution in [-0.2, 0) is 24.2 Å². The molecule has 3 rings (SSSR count). The number of amides is 1. The van der Waals surface area contributed by atoms with Crippen molar-refractivity contribution in [2.24, 2.45) is 0 Å². The maximum Gasteiger partial charge on any atom is 0.240 e. The highest BCUT2D eigenvalue weighted by Crippen LogP contribution is 2.19. The highest BCUT2D eigenvalue weighted by molar-refractivity contribution is 7.07. The molecule has 0 aliphatic heterocycles. The molecule has 0 spiro atoms. The number of aliphatic hydroxyl groups excluding tert-OH is 1. The van der Waals surface area contributed by atoms with Gasteiger partial charge in [0, 0.05) is 12.2 Å². The van der Waals surface area contributed by atoms with Gasteiger partial charge in [-0.15, -0.1) is 0 Å². The molecular formula is C15H19N3O2S. The molecule has 0 bridgehead atoms. The average molecular weight is 305 g/mol. The van der Waals surface area contributed by atoms with Crippen LogP contribution in [0, 0.1) is 0 Å². The Balaban J connectivity index is 1.53. The number of nitrogens with zero attached hydrogens (tertiary/aromatic N) is 2. The molecule has 2 N–H and O–H groups in total. The summed E-state index contributed by atoms with van der Waals surface area (Å²) in [6, 6.07) is 1.87. The van der Waals surface area contributed by atoms with Gasteiger partial charge in [-0.25, -0.2) is 4.98 Å². The number of aryl methyl sites for hydroxylation is 1. The Morgan fingerprint density at radius 2 is 2.33 bits per heavy atom. The smallest absolute Gasteiger partial charge is 0.240 e. The second-order valence-corrected chi connectivity index (χ2v) is 6.13. The second-order valence-electron chi connectivity index (χ2n) is 5.35. The summed E-state index contributed by atoms with van der Waals surface area (Å²) in [4.78, 5) is 16.4. The van der Waals surface area contributed by atoms with Gasteiger partial charge >= 0.3 is 0 Å². The first-order chi connectivity index (χ1) is 10.2. The van der Waals surface area contributed by atoms with Crippen LogP contribution < -0.4 is 5.32 Å². The molecule has 112 valence electrons. The molecule has 2 aromatic rings. The lowest BCUT2D eigenvalue weighted by Gasteiger charge is -2.15. The zero-order chi connectivity index (χ0) is 14.7. The maximum atomic E-state index is 12.0. The van der Waals surface area contributed by atoms with E-state index in [0.29, 0.717) is 0 Å². The molecule has 0 aromatic carbocycles. The Kier molecular flexibility index (Phi) is 4.36. The van der Waals surface area contributed by atoms with E-state index in [1.165, 1.54) is 23.5 Å². The minimum atomic E-state index is -0.642. The fraction of sp³-hybridized carbons (Fsp3) is 0.467. The third kappa shape index (κ3) is 3.33. The Labute approximate surface area is 127 Å². The van der Waals surface area contributed by atoms with E-state index in [2.05, 4.69) is 10.3 Å². The molecular weight excluding hydrogens is 286 g/mol. The molecule has 2 heterocycles. The fourth-order valence-electron chi connectivity index (χ4n) is 2.67. The Morgan fingerprint density at radius 1 is 1.48 bits per heavy atom. The van der Waals surface area contributed by atoms with Crippen molar-refractivity contribution >= 4 is 17.2 Å². The number of aliphatic hydroxyl groups is 1. The van der Waals surface area contributed by atoms with Gasteiger partial charge < -0.3 is 15.0 Å². The monoisotopic (exact) mass is 305 g/mol. The van der Waals surface area contributed by atoms with Crippen molar-refractivity contribution in [1.29, 1.82) is 0 Å². The summed E-state index contributed by atoms with van der Waals surface area (Å²) < 4.78 is 1.93. The first-order valence-corrected chi connectivity index (χ1v) is 8.18. The molecule has 5 nitrogen and oxygen atoms in total. The number of hydrogen-bond donors (Lipinski definition) is 2. The van der Waals surface area contributed by atoms with Crippen LogP contribution in [0.25, 0.3) is 0 Å². The SMILES string of the molecule is O=C(Cn1cnc2c1CCCC2)NCC(O)c1ccsc1. The molecule has 1 unspecified atom stereocenters. The van der Waals surface area contributed by atoms with Gasteiger partial charge in [0.1, 0.15) is 6.54 Å². The number of carbonyl (C=O) groups is 1. The number of aromatic nitrogens is 2. The van der Waals surface area contributed by atoms with Crippen LogP contribution in [0.5, 0.6) is 0 Å². The Bertz CT molecular complexity index is 606. The molecule has 1 aliphatic rings. The van der Waals surface area contributed by atoms with Gasteiger partial charge in [-0.2, -0.15) is 11.3 Å². The molecule has 1 aliphatic carbocycles. The molecule has 21 heavy (non-hydrogen) atoms. The van der Waals surface area contributed by atoms with E-state index in [1.54, 1.807) is 6.33 Å². The van der Waals surface area contributed by atoms with E-state index < -0.39 is 6.10 Å². The predicted octanol–water partition coefficient (Wildman–Crippen LogP) is 1.67. The van der Waals surface area contributed by atoms with Crippen LogP contribution in [0.4, 0.5) is 0 Å². The lowest BCUT2D eigenvalue weighted by atomic mass is 10.0. The third-order valence-corrected chi connectivity index (χ3v) is 4.55. The quantitative estimate of drug-likeness (QED) is 0.883. The molecule has 0 saturated carbocycles. The predicted molar refractivity (Wildman–Crippen MR) is 81.2 cm³/mol. The highest BCUT2D eigenvalue weighted by Gasteiger charge is 2.17. The largest absolute Gasteiger partial charge is 0.387 e. The van der Waals surface area contributed by atoms with Gasteiger partial charge in [0.15, 0.2) is 0 Å². The van der Waals surface area contributed by atoms with E-state index in [4.69, 9.17) is 0 Å².